The summed E-state index contributed by atoms with van der Waals surface area (Å²) < 4.78 is 14.4. The number of nitrogens with two attached hydrogens (primary N) is 1. The third kappa shape index (κ3) is 2.28. The number of halogens is 2. The second kappa shape index (κ2) is 4.79. The number of aryl methyl sites for hydroxylation is 1. The van der Waals surface area contributed by atoms with E-state index in [1.54, 1.807) is 17.8 Å². The van der Waals surface area contributed by atoms with Crippen molar-refractivity contribution in [2.75, 3.05) is 0 Å². The van der Waals surface area contributed by atoms with Crippen molar-refractivity contribution in [3.8, 4) is 0 Å². The first-order chi connectivity index (χ1) is 8.13. The van der Waals surface area contributed by atoms with Crippen LogP contribution < -0.4 is 11.3 Å². The Morgan fingerprint density at radius 2 is 2.24 bits per heavy atom. The summed E-state index contributed by atoms with van der Waals surface area (Å²) >= 11 is 6.02. The monoisotopic (exact) mass is 255 g/mol. The highest BCUT2D eigenvalue weighted by molar-refractivity contribution is 6.31. The molecule has 5 nitrogen and oxygen atoms in total. The van der Waals surface area contributed by atoms with Crippen LogP contribution >= 0.6 is 11.6 Å². The molecule has 0 bridgehead atoms. The van der Waals surface area contributed by atoms with Crippen LogP contribution in [-0.2, 0) is 7.05 Å². The van der Waals surface area contributed by atoms with Crippen LogP contribution in [0.5, 0.6) is 0 Å². The van der Waals surface area contributed by atoms with Gasteiger partial charge >= 0.3 is 0 Å². The maximum absolute atomic E-state index is 12.8. The fourth-order valence-corrected chi connectivity index (χ4v) is 1.88. The van der Waals surface area contributed by atoms with Crippen molar-refractivity contribution in [2.45, 2.75) is 6.04 Å². The zero-order chi connectivity index (χ0) is 12.4. The fraction of sp³-hybridized carbons (Fsp3) is 0.200. The van der Waals surface area contributed by atoms with E-state index in [0.29, 0.717) is 16.4 Å². The Kier molecular flexibility index (Phi) is 3.37. The van der Waals surface area contributed by atoms with Gasteiger partial charge in [-0.15, -0.1) is 0 Å². The van der Waals surface area contributed by atoms with Gasteiger partial charge in [-0.3, -0.25) is 15.5 Å². The van der Waals surface area contributed by atoms with Gasteiger partial charge in [0.2, 0.25) is 0 Å². The number of rotatable bonds is 3. The molecule has 2 aromatic rings. The Balaban J connectivity index is 2.43. The lowest BCUT2D eigenvalue weighted by atomic mass is 10.1. The van der Waals surface area contributed by atoms with Crippen LogP contribution in [0, 0.1) is 5.82 Å². The van der Waals surface area contributed by atoms with E-state index >= 15 is 0 Å². The molecular weight excluding hydrogens is 245 g/mol. The molecule has 0 saturated carbocycles. The minimum atomic E-state index is -0.435. The van der Waals surface area contributed by atoms with Gasteiger partial charge in [-0.25, -0.2) is 9.82 Å². The Labute approximate surface area is 102 Å². The summed E-state index contributed by atoms with van der Waals surface area (Å²) in [6, 6.07) is 2.43. The number of nitrogens with zero attached hydrogens (tertiary/aromatic N) is 3. The van der Waals surface area contributed by atoms with E-state index in [0.717, 1.165) is 6.20 Å². The van der Waals surface area contributed by atoms with Gasteiger partial charge in [0.15, 0.2) is 0 Å². The van der Waals surface area contributed by atoms with E-state index in [1.807, 2.05) is 0 Å². The van der Waals surface area contributed by atoms with Crippen molar-refractivity contribution >= 4 is 11.6 Å². The number of aromatic nitrogens is 3. The van der Waals surface area contributed by atoms with E-state index in [1.165, 1.54) is 12.3 Å². The molecule has 17 heavy (non-hydrogen) atoms. The molecule has 0 spiro atoms. The minimum Gasteiger partial charge on any atom is -0.270 e. The zero-order valence-electron chi connectivity index (χ0n) is 9.06. The molecule has 7 heteroatoms. The summed E-state index contributed by atoms with van der Waals surface area (Å²) in [5, 5.41) is 4.49. The van der Waals surface area contributed by atoms with Gasteiger partial charge < -0.3 is 0 Å². The topological polar surface area (TPSA) is 68.8 Å². The molecule has 2 aromatic heterocycles. The van der Waals surface area contributed by atoms with Gasteiger partial charge in [0.05, 0.1) is 28.8 Å². The maximum atomic E-state index is 12.8. The van der Waals surface area contributed by atoms with Crippen molar-refractivity contribution < 1.29 is 4.39 Å². The second-order valence-corrected chi connectivity index (χ2v) is 3.91. The van der Waals surface area contributed by atoms with E-state index in [-0.39, 0.29) is 0 Å². The third-order valence-corrected chi connectivity index (χ3v) is 2.71. The van der Waals surface area contributed by atoms with Crippen LogP contribution in [0.2, 0.25) is 5.02 Å². The lowest BCUT2D eigenvalue weighted by molar-refractivity contribution is 0.557. The summed E-state index contributed by atoms with van der Waals surface area (Å²) in [6.07, 6.45) is 2.65. The zero-order valence-corrected chi connectivity index (χ0v) is 9.82. The molecule has 90 valence electrons. The van der Waals surface area contributed by atoms with Crippen molar-refractivity contribution in [3.05, 3.63) is 46.8 Å². The molecule has 0 aromatic carbocycles. The van der Waals surface area contributed by atoms with Gasteiger partial charge in [0, 0.05) is 7.05 Å². The highest BCUT2D eigenvalue weighted by Gasteiger charge is 2.20. The molecule has 1 unspecified atom stereocenters. The predicted molar refractivity (Wildman–Crippen MR) is 61.6 cm³/mol. The average molecular weight is 256 g/mol. The second-order valence-electron chi connectivity index (χ2n) is 3.50. The molecule has 2 rings (SSSR count). The Hall–Kier alpha value is -1.50. The molecule has 0 amide bonds. The van der Waals surface area contributed by atoms with Gasteiger partial charge in [-0.1, -0.05) is 11.6 Å². The van der Waals surface area contributed by atoms with Gasteiger partial charge in [-0.2, -0.15) is 5.10 Å². The van der Waals surface area contributed by atoms with Crippen molar-refractivity contribution in [2.24, 2.45) is 12.9 Å². The molecule has 2 heterocycles. The van der Waals surface area contributed by atoms with Gasteiger partial charge in [0.25, 0.3) is 0 Å². The Morgan fingerprint density at radius 1 is 1.47 bits per heavy atom. The first kappa shape index (κ1) is 12.0. The molecule has 0 aliphatic carbocycles. The number of hydrogen-bond donors (Lipinski definition) is 2. The molecule has 0 fully saturated rings. The number of hydrogen-bond acceptors (Lipinski definition) is 4. The lowest BCUT2D eigenvalue weighted by Gasteiger charge is -2.16. The van der Waals surface area contributed by atoms with Crippen LogP contribution in [0.3, 0.4) is 0 Å². The molecule has 0 saturated heterocycles. The molecule has 1 atom stereocenters. The first-order valence-electron chi connectivity index (χ1n) is 4.88. The number of hydrazine groups is 1. The Bertz CT molecular complexity index is 490. The van der Waals surface area contributed by atoms with Crippen LogP contribution in [0.1, 0.15) is 17.4 Å². The van der Waals surface area contributed by atoms with E-state index in [2.05, 4.69) is 15.5 Å². The largest absolute Gasteiger partial charge is 0.270 e. The summed E-state index contributed by atoms with van der Waals surface area (Å²) in [4.78, 5) is 3.97. The van der Waals surface area contributed by atoms with E-state index in [9.17, 15) is 4.39 Å². The first-order valence-corrected chi connectivity index (χ1v) is 5.26. The highest BCUT2D eigenvalue weighted by Crippen LogP contribution is 2.25. The molecule has 3 N–H and O–H groups in total. The number of nitrogens with one attached hydrogen (secondary N) is 1. The lowest BCUT2D eigenvalue weighted by Crippen LogP contribution is -2.31. The van der Waals surface area contributed by atoms with Crippen molar-refractivity contribution in [1.82, 2.24) is 20.2 Å². The van der Waals surface area contributed by atoms with Crippen LogP contribution in [0.15, 0.2) is 24.5 Å². The summed E-state index contributed by atoms with van der Waals surface area (Å²) in [6.45, 7) is 0. The molecule has 0 aliphatic rings. The summed E-state index contributed by atoms with van der Waals surface area (Å²) in [5.74, 6) is 5.09. The van der Waals surface area contributed by atoms with Crippen molar-refractivity contribution in [3.63, 3.8) is 0 Å². The molecule has 0 radical (unpaired) electrons. The number of pyridine rings is 1. The Morgan fingerprint density at radius 3 is 2.71 bits per heavy atom. The highest BCUT2D eigenvalue weighted by atomic mass is 35.5. The third-order valence-electron chi connectivity index (χ3n) is 2.42. The SMILES string of the molecule is Cn1ncc(Cl)c1C(NN)c1ccc(F)cn1. The quantitative estimate of drug-likeness (QED) is 0.638. The summed E-state index contributed by atoms with van der Waals surface area (Å²) in [5.41, 5.74) is 3.83. The van der Waals surface area contributed by atoms with Crippen LogP contribution in [-0.4, -0.2) is 14.8 Å². The fourth-order valence-electron chi connectivity index (χ4n) is 1.61. The van der Waals surface area contributed by atoms with Crippen LogP contribution in [0.25, 0.3) is 0 Å². The van der Waals surface area contributed by atoms with Gasteiger partial charge in [-0.05, 0) is 12.1 Å². The van der Waals surface area contributed by atoms with Gasteiger partial charge in [0.1, 0.15) is 11.9 Å². The van der Waals surface area contributed by atoms with E-state index < -0.39 is 11.9 Å². The summed E-state index contributed by atoms with van der Waals surface area (Å²) in [7, 11) is 1.75. The standard InChI is InChI=1S/C10H11ClFN5/c1-17-10(7(11)5-15-17)9(16-13)8-3-2-6(12)4-14-8/h2-5,9,16H,13H2,1H3. The smallest absolute Gasteiger partial charge is 0.141 e. The van der Waals surface area contributed by atoms with Crippen LogP contribution in [0.4, 0.5) is 4.39 Å². The normalized spacial score (nSPS) is 12.7. The average Bonchev–Trinajstić information content (AvgIpc) is 2.64. The molecular formula is C10H11ClFN5. The van der Waals surface area contributed by atoms with E-state index in [4.69, 9.17) is 17.4 Å². The van der Waals surface area contributed by atoms with Crippen molar-refractivity contribution in [1.29, 1.82) is 0 Å². The minimum absolute atomic E-state index is 0.402. The molecule has 0 aliphatic heterocycles. The maximum Gasteiger partial charge on any atom is 0.141 e. The predicted octanol–water partition coefficient (Wildman–Crippen LogP) is 1.16.